The SMILES string of the molecule is Cc1ccc(C(O)CNC(=O)Cc2cccc(O)c2)cc1. The van der Waals surface area contributed by atoms with Crippen LogP contribution in [0.1, 0.15) is 22.8 Å². The van der Waals surface area contributed by atoms with Gasteiger partial charge >= 0.3 is 0 Å². The second-order valence-electron chi connectivity index (χ2n) is 5.08. The Kier molecular flexibility index (Phi) is 4.95. The number of aliphatic hydroxyl groups excluding tert-OH is 1. The Hall–Kier alpha value is -2.33. The Morgan fingerprint density at radius 3 is 2.57 bits per heavy atom. The van der Waals surface area contributed by atoms with Gasteiger partial charge in [0, 0.05) is 6.54 Å². The van der Waals surface area contributed by atoms with E-state index in [-0.39, 0.29) is 24.6 Å². The Morgan fingerprint density at radius 2 is 1.90 bits per heavy atom. The van der Waals surface area contributed by atoms with Gasteiger partial charge in [-0.15, -0.1) is 0 Å². The summed E-state index contributed by atoms with van der Waals surface area (Å²) >= 11 is 0. The smallest absolute Gasteiger partial charge is 0.224 e. The summed E-state index contributed by atoms with van der Waals surface area (Å²) in [6.07, 6.45) is -0.548. The number of aliphatic hydroxyl groups is 1. The molecule has 0 aliphatic rings. The van der Waals surface area contributed by atoms with Gasteiger partial charge in [-0.3, -0.25) is 4.79 Å². The van der Waals surface area contributed by atoms with Gasteiger partial charge in [-0.25, -0.2) is 0 Å². The monoisotopic (exact) mass is 285 g/mol. The first-order valence-electron chi connectivity index (χ1n) is 6.84. The van der Waals surface area contributed by atoms with E-state index >= 15 is 0 Å². The highest BCUT2D eigenvalue weighted by Gasteiger charge is 2.10. The first-order chi connectivity index (χ1) is 10.0. The lowest BCUT2D eigenvalue weighted by molar-refractivity contribution is -0.120. The van der Waals surface area contributed by atoms with Crippen LogP contribution in [0.2, 0.25) is 0 Å². The summed E-state index contributed by atoms with van der Waals surface area (Å²) in [6.45, 7) is 2.15. The van der Waals surface area contributed by atoms with Crippen molar-refractivity contribution in [2.24, 2.45) is 0 Å². The molecule has 110 valence electrons. The molecule has 3 N–H and O–H groups in total. The van der Waals surface area contributed by atoms with E-state index in [1.165, 1.54) is 0 Å². The van der Waals surface area contributed by atoms with Crippen LogP contribution in [0.3, 0.4) is 0 Å². The molecule has 1 unspecified atom stereocenters. The maximum Gasteiger partial charge on any atom is 0.224 e. The third-order valence-electron chi connectivity index (χ3n) is 3.23. The van der Waals surface area contributed by atoms with Crippen molar-refractivity contribution in [3.8, 4) is 5.75 Å². The van der Waals surface area contributed by atoms with Crippen LogP contribution >= 0.6 is 0 Å². The average molecular weight is 285 g/mol. The molecule has 2 aromatic carbocycles. The van der Waals surface area contributed by atoms with E-state index in [4.69, 9.17) is 0 Å². The molecule has 4 heteroatoms. The van der Waals surface area contributed by atoms with Crippen molar-refractivity contribution in [3.05, 3.63) is 65.2 Å². The third-order valence-corrected chi connectivity index (χ3v) is 3.23. The average Bonchev–Trinajstić information content (AvgIpc) is 2.45. The topological polar surface area (TPSA) is 69.6 Å². The highest BCUT2D eigenvalue weighted by atomic mass is 16.3. The molecule has 0 bridgehead atoms. The van der Waals surface area contributed by atoms with Crippen molar-refractivity contribution in [1.82, 2.24) is 5.32 Å². The summed E-state index contributed by atoms with van der Waals surface area (Å²) in [5.74, 6) is -0.0493. The number of benzene rings is 2. The predicted molar refractivity (Wildman–Crippen MR) is 81.0 cm³/mol. The first kappa shape index (κ1) is 15.1. The molecule has 0 saturated heterocycles. The summed E-state index contributed by atoms with van der Waals surface area (Å²) < 4.78 is 0. The van der Waals surface area contributed by atoms with E-state index in [1.54, 1.807) is 24.3 Å². The molecule has 0 spiro atoms. The van der Waals surface area contributed by atoms with E-state index in [1.807, 2.05) is 31.2 Å². The van der Waals surface area contributed by atoms with Crippen molar-refractivity contribution < 1.29 is 15.0 Å². The lowest BCUT2D eigenvalue weighted by Gasteiger charge is -2.12. The molecule has 0 heterocycles. The Balaban J connectivity index is 1.84. The number of phenols is 1. The van der Waals surface area contributed by atoms with Crippen LogP contribution < -0.4 is 5.32 Å². The minimum absolute atomic E-state index is 0.139. The molecule has 0 aliphatic carbocycles. The second kappa shape index (κ2) is 6.90. The molecule has 1 atom stereocenters. The van der Waals surface area contributed by atoms with Crippen LogP contribution in [-0.4, -0.2) is 22.7 Å². The van der Waals surface area contributed by atoms with Gasteiger partial charge in [-0.05, 0) is 30.2 Å². The largest absolute Gasteiger partial charge is 0.508 e. The standard InChI is InChI=1S/C17H19NO3/c1-12-5-7-14(8-6-12)16(20)11-18-17(21)10-13-3-2-4-15(19)9-13/h2-9,16,19-20H,10-11H2,1H3,(H,18,21). The molecule has 1 amide bonds. The number of phenolic OH excluding ortho intramolecular Hbond substituents is 1. The van der Waals surface area contributed by atoms with Gasteiger partial charge in [0.15, 0.2) is 0 Å². The maximum absolute atomic E-state index is 11.8. The number of aromatic hydroxyl groups is 1. The van der Waals surface area contributed by atoms with Gasteiger partial charge in [-0.1, -0.05) is 42.0 Å². The molecule has 4 nitrogen and oxygen atoms in total. The molecule has 0 radical (unpaired) electrons. The molecule has 0 aromatic heterocycles. The Labute approximate surface area is 124 Å². The fourth-order valence-electron chi connectivity index (χ4n) is 2.03. The number of carbonyl (C=O) groups is 1. The number of rotatable bonds is 5. The molecule has 2 rings (SSSR count). The highest BCUT2D eigenvalue weighted by molar-refractivity contribution is 5.78. The molecule has 0 fully saturated rings. The van der Waals surface area contributed by atoms with Gasteiger partial charge in [-0.2, -0.15) is 0 Å². The van der Waals surface area contributed by atoms with Crippen molar-refractivity contribution >= 4 is 5.91 Å². The van der Waals surface area contributed by atoms with Crippen LogP contribution in [0.15, 0.2) is 48.5 Å². The van der Waals surface area contributed by atoms with Crippen LogP contribution in [0, 0.1) is 6.92 Å². The zero-order chi connectivity index (χ0) is 15.2. The van der Waals surface area contributed by atoms with Crippen molar-refractivity contribution in [3.63, 3.8) is 0 Å². The quantitative estimate of drug-likeness (QED) is 0.788. The number of aryl methyl sites for hydroxylation is 1. The van der Waals surface area contributed by atoms with Crippen LogP contribution in [0.25, 0.3) is 0 Å². The van der Waals surface area contributed by atoms with Crippen LogP contribution in [-0.2, 0) is 11.2 Å². The van der Waals surface area contributed by atoms with E-state index in [0.717, 1.165) is 16.7 Å². The van der Waals surface area contributed by atoms with E-state index in [0.29, 0.717) is 0 Å². The van der Waals surface area contributed by atoms with Gasteiger partial charge in [0.25, 0.3) is 0 Å². The molecule has 2 aromatic rings. The number of nitrogens with one attached hydrogen (secondary N) is 1. The lowest BCUT2D eigenvalue weighted by atomic mass is 10.1. The van der Waals surface area contributed by atoms with Crippen molar-refractivity contribution in [1.29, 1.82) is 0 Å². The van der Waals surface area contributed by atoms with E-state index in [2.05, 4.69) is 5.32 Å². The number of amides is 1. The summed E-state index contributed by atoms with van der Waals surface area (Å²) in [6, 6.07) is 14.1. The predicted octanol–water partition coefficient (Wildman–Crippen LogP) is 2.09. The maximum atomic E-state index is 11.8. The zero-order valence-electron chi connectivity index (χ0n) is 11.9. The molecule has 0 saturated carbocycles. The highest BCUT2D eigenvalue weighted by Crippen LogP contribution is 2.13. The Morgan fingerprint density at radius 1 is 1.19 bits per heavy atom. The molecular formula is C17H19NO3. The Bertz CT molecular complexity index is 608. The van der Waals surface area contributed by atoms with Crippen LogP contribution in [0.5, 0.6) is 5.75 Å². The second-order valence-corrected chi connectivity index (χ2v) is 5.08. The van der Waals surface area contributed by atoms with Crippen molar-refractivity contribution in [2.45, 2.75) is 19.4 Å². The normalized spacial score (nSPS) is 11.9. The lowest BCUT2D eigenvalue weighted by Crippen LogP contribution is -2.29. The summed E-state index contributed by atoms with van der Waals surface area (Å²) in [5.41, 5.74) is 2.63. The minimum Gasteiger partial charge on any atom is -0.508 e. The van der Waals surface area contributed by atoms with Crippen LogP contribution in [0.4, 0.5) is 0 Å². The summed E-state index contributed by atoms with van der Waals surface area (Å²) in [7, 11) is 0. The van der Waals surface area contributed by atoms with Gasteiger partial charge in [0.1, 0.15) is 5.75 Å². The first-order valence-corrected chi connectivity index (χ1v) is 6.84. The zero-order valence-corrected chi connectivity index (χ0v) is 11.9. The fraction of sp³-hybridized carbons (Fsp3) is 0.235. The fourth-order valence-corrected chi connectivity index (χ4v) is 2.03. The van der Waals surface area contributed by atoms with Crippen molar-refractivity contribution in [2.75, 3.05) is 6.54 Å². The summed E-state index contributed by atoms with van der Waals surface area (Å²) in [4.78, 5) is 11.8. The van der Waals surface area contributed by atoms with Gasteiger partial charge in [0.2, 0.25) is 5.91 Å². The number of hydrogen-bond donors (Lipinski definition) is 3. The number of hydrogen-bond acceptors (Lipinski definition) is 3. The minimum atomic E-state index is -0.723. The van der Waals surface area contributed by atoms with Gasteiger partial charge in [0.05, 0.1) is 12.5 Å². The molecule has 0 aliphatic heterocycles. The molecule has 21 heavy (non-hydrogen) atoms. The molecular weight excluding hydrogens is 266 g/mol. The van der Waals surface area contributed by atoms with E-state index in [9.17, 15) is 15.0 Å². The van der Waals surface area contributed by atoms with E-state index < -0.39 is 6.10 Å². The third kappa shape index (κ3) is 4.61. The summed E-state index contributed by atoms with van der Waals surface area (Å²) in [5, 5.41) is 22.1. The van der Waals surface area contributed by atoms with Gasteiger partial charge < -0.3 is 15.5 Å². The number of carbonyl (C=O) groups excluding carboxylic acids is 1.